The molecule has 2 atom stereocenters. The Kier molecular flexibility index (Phi) is 10.1. The summed E-state index contributed by atoms with van der Waals surface area (Å²) in [5.41, 5.74) is 3.97. The highest BCUT2D eigenvalue weighted by molar-refractivity contribution is 7.89. The van der Waals surface area contributed by atoms with Gasteiger partial charge in [0.25, 0.3) is 0 Å². The van der Waals surface area contributed by atoms with Crippen LogP contribution in [0, 0.1) is 11.8 Å². The molecule has 0 radical (unpaired) electrons. The van der Waals surface area contributed by atoms with E-state index in [1.807, 2.05) is 18.2 Å². The van der Waals surface area contributed by atoms with Crippen LogP contribution in [0.1, 0.15) is 33.7 Å². The molecule has 2 aliphatic carbocycles. The molecule has 1 aromatic carbocycles. The Morgan fingerprint density at radius 2 is 1.36 bits per heavy atom. The number of sulfonamides is 2. The first-order valence-corrected chi connectivity index (χ1v) is 22.7. The normalized spacial score (nSPS) is 17.2. The molecule has 0 saturated carbocycles. The van der Waals surface area contributed by atoms with E-state index in [4.69, 9.17) is 11.6 Å². The van der Waals surface area contributed by atoms with Gasteiger partial charge in [-0.3, -0.25) is 9.59 Å². The number of thiophene rings is 2. The molecule has 8 rings (SSSR count). The zero-order valence-corrected chi connectivity index (χ0v) is 33.6. The number of nitrogens with zero attached hydrogens (tertiary/aromatic N) is 8. The van der Waals surface area contributed by atoms with Crippen molar-refractivity contribution in [2.24, 2.45) is 11.8 Å². The zero-order valence-electron chi connectivity index (χ0n) is 28.7. The van der Waals surface area contributed by atoms with E-state index in [9.17, 15) is 26.4 Å². The summed E-state index contributed by atoms with van der Waals surface area (Å²) in [6.45, 7) is 0. The van der Waals surface area contributed by atoms with Gasteiger partial charge in [0.05, 0.1) is 28.0 Å². The van der Waals surface area contributed by atoms with Gasteiger partial charge >= 0.3 is 0 Å². The van der Waals surface area contributed by atoms with Crippen molar-refractivity contribution in [1.82, 2.24) is 38.1 Å². The van der Waals surface area contributed by atoms with Crippen LogP contribution in [0.25, 0.3) is 30.6 Å². The Bertz CT molecular complexity index is 2640. The fourth-order valence-corrected chi connectivity index (χ4v) is 10.9. The summed E-state index contributed by atoms with van der Waals surface area (Å²) in [4.78, 5) is 45.9. The maximum atomic E-state index is 12.7. The van der Waals surface area contributed by atoms with Crippen molar-refractivity contribution in [2.45, 2.75) is 38.5 Å². The van der Waals surface area contributed by atoms with Crippen molar-refractivity contribution in [3.05, 3.63) is 56.9 Å². The van der Waals surface area contributed by atoms with Crippen molar-refractivity contribution in [1.29, 1.82) is 0 Å². The van der Waals surface area contributed by atoms with Crippen LogP contribution in [0.5, 0.6) is 0 Å². The predicted octanol–water partition coefficient (Wildman–Crippen LogP) is 4.83. The molecule has 5 aromatic heterocycles. The summed E-state index contributed by atoms with van der Waals surface area (Å²) in [6.07, 6.45) is 8.59. The minimum absolute atomic E-state index is 0.327. The molecule has 0 saturated heterocycles. The van der Waals surface area contributed by atoms with Gasteiger partial charge in [0.2, 0.25) is 31.9 Å². The van der Waals surface area contributed by atoms with Gasteiger partial charge in [-0.05, 0) is 79.4 Å². The molecule has 2 aliphatic rings. The number of hydrogen-bond donors (Lipinski definition) is 1. The van der Waals surface area contributed by atoms with Crippen LogP contribution < -0.4 is 5.32 Å². The number of carbonyl (C=O) groups excluding carboxylic acids is 2. The lowest BCUT2D eigenvalue weighted by Gasteiger charge is -2.25. The maximum absolute atomic E-state index is 12.7. The highest BCUT2D eigenvalue weighted by Crippen LogP contribution is 2.42. The number of rotatable bonds is 6. The minimum Gasteiger partial charge on any atom is -0.340 e. The fraction of sp³-hybridized carbons (Fsp3) is 0.375. The Hall–Kier alpha value is -3.95. The van der Waals surface area contributed by atoms with E-state index in [-0.39, 0.29) is 23.7 Å². The van der Waals surface area contributed by atoms with E-state index in [1.54, 1.807) is 0 Å². The lowest BCUT2D eigenvalue weighted by molar-refractivity contribution is -0.130. The Morgan fingerprint density at radius 1 is 0.811 bits per heavy atom. The van der Waals surface area contributed by atoms with Crippen LogP contribution in [-0.2, 0) is 55.3 Å². The highest BCUT2D eigenvalue weighted by Gasteiger charge is 2.34. The SMILES string of the molecule is CN(C(=O)[C@H]1CCc2c(sc3ncnc(Cl)c23)C1)S(C)(=O)=O.CN(C(=O)[C@H]1CCc2c(sc3ncnc(Nc4ccc5nnsc5c4)c23)C1)S(C)(=O)=O. The average molecular weight is 834 g/mol. The van der Waals surface area contributed by atoms with Gasteiger partial charge in [-0.2, -0.15) is 0 Å². The number of nitrogens with one attached hydrogen (secondary N) is 1. The minimum atomic E-state index is -3.56. The van der Waals surface area contributed by atoms with Crippen LogP contribution in [0.2, 0.25) is 5.15 Å². The standard InChI is InChI=1S/C19H18N6O3S3.C13H14ClN3O3S2/c1-25(31(2,27)28)19(26)10-3-5-12-14(7-10)29-18-16(12)17(20-9-21-18)22-11-4-6-13-15(8-11)30-24-23-13;1-17(22(2,19)20)13(18)7-3-4-8-9(5-7)21-12-10(8)11(14)15-6-16-12/h4,6,8-10H,3,5,7H2,1-2H3,(H,20,21,22);6-7H,3-5H2,1-2H3/t10-;7-/m00/s1. The molecule has 1 N–H and O–H groups in total. The summed E-state index contributed by atoms with van der Waals surface area (Å²) in [6, 6.07) is 5.84. The predicted molar refractivity (Wildman–Crippen MR) is 207 cm³/mol. The number of hydrogen-bond acceptors (Lipinski definition) is 16. The smallest absolute Gasteiger partial charge is 0.239 e. The third-order valence-electron chi connectivity index (χ3n) is 9.47. The molecule has 15 nitrogen and oxygen atoms in total. The largest absolute Gasteiger partial charge is 0.340 e. The van der Waals surface area contributed by atoms with Crippen molar-refractivity contribution in [3.63, 3.8) is 0 Å². The van der Waals surface area contributed by atoms with E-state index >= 15 is 0 Å². The Balaban J connectivity index is 0.000000174. The van der Waals surface area contributed by atoms with Gasteiger partial charge in [0, 0.05) is 41.4 Å². The van der Waals surface area contributed by atoms with Gasteiger partial charge in [-0.15, -0.1) is 27.8 Å². The monoisotopic (exact) mass is 833 g/mol. The number of carbonyl (C=O) groups is 2. The number of halogens is 1. The quantitative estimate of drug-likeness (QED) is 0.224. The first kappa shape index (κ1) is 37.4. The second kappa shape index (κ2) is 14.4. The number of fused-ring (bicyclic) bond motifs is 7. The van der Waals surface area contributed by atoms with E-state index in [2.05, 4.69) is 34.8 Å². The topological polar surface area (TPSA) is 198 Å². The zero-order chi connectivity index (χ0) is 37.8. The van der Waals surface area contributed by atoms with E-state index in [0.29, 0.717) is 43.7 Å². The second-order valence-electron chi connectivity index (χ2n) is 12.9. The average Bonchev–Trinajstić information content (AvgIpc) is 3.84. The first-order chi connectivity index (χ1) is 25.1. The summed E-state index contributed by atoms with van der Waals surface area (Å²) < 4.78 is 53.2. The molecule has 0 unspecified atom stereocenters. The first-order valence-electron chi connectivity index (χ1n) is 16.2. The molecule has 0 bridgehead atoms. The Labute approximate surface area is 321 Å². The molecule has 53 heavy (non-hydrogen) atoms. The van der Waals surface area contributed by atoms with Gasteiger partial charge < -0.3 is 5.32 Å². The van der Waals surface area contributed by atoms with Crippen LogP contribution in [-0.4, -0.2) is 93.4 Å². The molecule has 0 fully saturated rings. The summed E-state index contributed by atoms with van der Waals surface area (Å²) in [5.74, 6) is -0.681. The van der Waals surface area contributed by atoms with Crippen molar-refractivity contribution in [2.75, 3.05) is 31.9 Å². The van der Waals surface area contributed by atoms with Gasteiger partial charge in [-0.1, -0.05) is 16.1 Å². The van der Waals surface area contributed by atoms with Gasteiger partial charge in [0.1, 0.15) is 38.8 Å². The fourth-order valence-electron chi connectivity index (χ4n) is 6.53. The number of amides is 2. The second-order valence-corrected chi connectivity index (χ2v) is 20.2. The summed E-state index contributed by atoms with van der Waals surface area (Å²) in [7, 11) is -4.45. The summed E-state index contributed by atoms with van der Waals surface area (Å²) in [5, 5.41) is 9.72. The van der Waals surface area contributed by atoms with E-state index in [1.165, 1.54) is 61.0 Å². The summed E-state index contributed by atoms with van der Waals surface area (Å²) >= 11 is 10.5. The molecule has 6 aromatic rings. The molecule has 21 heteroatoms. The number of aryl methyl sites for hydroxylation is 2. The molecule has 278 valence electrons. The van der Waals surface area contributed by atoms with Gasteiger partial charge in [0.15, 0.2) is 0 Å². The highest BCUT2D eigenvalue weighted by atomic mass is 35.5. The molecular formula is C32H32ClN9O6S5. The van der Waals surface area contributed by atoms with Crippen LogP contribution in [0.15, 0.2) is 30.9 Å². The van der Waals surface area contributed by atoms with Crippen molar-refractivity contribution < 1.29 is 26.4 Å². The third kappa shape index (κ3) is 7.44. The number of aromatic nitrogens is 6. The number of anilines is 2. The van der Waals surface area contributed by atoms with Crippen LogP contribution in [0.3, 0.4) is 0 Å². The lowest BCUT2D eigenvalue weighted by atomic mass is 9.87. The van der Waals surface area contributed by atoms with E-state index < -0.39 is 20.0 Å². The van der Waals surface area contributed by atoms with Crippen molar-refractivity contribution >= 4 is 120 Å². The lowest BCUT2D eigenvalue weighted by Crippen LogP contribution is -2.38. The molecule has 0 spiro atoms. The van der Waals surface area contributed by atoms with Crippen LogP contribution in [0.4, 0.5) is 11.5 Å². The molecule has 2 amide bonds. The molecule has 0 aliphatic heterocycles. The maximum Gasteiger partial charge on any atom is 0.239 e. The molecular weight excluding hydrogens is 802 g/mol. The van der Waals surface area contributed by atoms with Crippen LogP contribution >= 0.6 is 45.8 Å². The molecule has 5 heterocycles. The Morgan fingerprint density at radius 3 is 1.94 bits per heavy atom. The third-order valence-corrected chi connectivity index (χ3v) is 15.1. The van der Waals surface area contributed by atoms with Gasteiger partial charge in [-0.25, -0.2) is 45.4 Å². The number of benzene rings is 1. The van der Waals surface area contributed by atoms with Crippen molar-refractivity contribution in [3.8, 4) is 0 Å². The van der Waals surface area contributed by atoms with E-state index in [0.717, 1.165) is 84.2 Å².